The molecule has 0 saturated heterocycles. The quantitative estimate of drug-likeness (QED) is 0.662. The summed E-state index contributed by atoms with van der Waals surface area (Å²) in [5, 5.41) is 0. The number of halogens is 1. The SMILES string of the molecule is Cn1ccnc1C(CS(=O)O)c1ccc2c(c1)OCC(c1cccc(F)c1)O2. The van der Waals surface area contributed by atoms with Gasteiger partial charge in [0.1, 0.15) is 18.2 Å². The van der Waals surface area contributed by atoms with E-state index in [-0.39, 0.29) is 24.1 Å². The van der Waals surface area contributed by atoms with Gasteiger partial charge >= 0.3 is 0 Å². The number of ether oxygens (including phenoxy) is 2. The Labute approximate surface area is 164 Å². The van der Waals surface area contributed by atoms with E-state index in [1.165, 1.54) is 12.1 Å². The molecular formula is C20H19FN2O4S. The van der Waals surface area contributed by atoms with Crippen LogP contribution in [-0.2, 0) is 18.1 Å². The molecule has 3 atom stereocenters. The number of fused-ring (bicyclic) bond motifs is 1. The molecule has 1 aromatic heterocycles. The second kappa shape index (κ2) is 7.73. The lowest BCUT2D eigenvalue weighted by atomic mass is 9.99. The third-order valence-electron chi connectivity index (χ3n) is 4.73. The Morgan fingerprint density at radius 1 is 1.32 bits per heavy atom. The van der Waals surface area contributed by atoms with E-state index >= 15 is 0 Å². The zero-order valence-electron chi connectivity index (χ0n) is 15.1. The third-order valence-corrected chi connectivity index (χ3v) is 5.35. The predicted molar refractivity (Wildman–Crippen MR) is 102 cm³/mol. The Hall–Kier alpha value is -2.71. The Kier molecular flexibility index (Phi) is 5.15. The number of imidazole rings is 1. The monoisotopic (exact) mass is 402 g/mol. The molecule has 0 aliphatic carbocycles. The molecule has 0 spiro atoms. The van der Waals surface area contributed by atoms with Crippen LogP contribution in [0.25, 0.3) is 0 Å². The highest BCUT2D eigenvalue weighted by Crippen LogP contribution is 2.39. The predicted octanol–water partition coefficient (Wildman–Crippen LogP) is 3.43. The first-order valence-electron chi connectivity index (χ1n) is 8.75. The number of rotatable bonds is 5. The first kappa shape index (κ1) is 18.6. The topological polar surface area (TPSA) is 73.6 Å². The molecule has 0 fully saturated rings. The summed E-state index contributed by atoms with van der Waals surface area (Å²) in [7, 11) is 1.84. The van der Waals surface area contributed by atoms with Gasteiger partial charge in [-0.25, -0.2) is 13.6 Å². The standard InChI is InChI=1S/C20H19FN2O4S/c1-23-8-7-22-20(23)16(12-28(24)25)13-5-6-17-18(10-13)26-11-19(27-17)14-3-2-4-15(21)9-14/h2-10,16,19H,11-12H2,1H3,(H,24,25). The summed E-state index contributed by atoms with van der Waals surface area (Å²) in [5.74, 6) is 1.13. The van der Waals surface area contributed by atoms with Gasteiger partial charge in [-0.1, -0.05) is 18.2 Å². The largest absolute Gasteiger partial charge is 0.485 e. The van der Waals surface area contributed by atoms with Gasteiger partial charge in [0.25, 0.3) is 0 Å². The average Bonchev–Trinajstić information content (AvgIpc) is 3.11. The van der Waals surface area contributed by atoms with Crippen molar-refractivity contribution in [1.82, 2.24) is 9.55 Å². The molecule has 2 heterocycles. The van der Waals surface area contributed by atoms with Crippen molar-refractivity contribution in [3.8, 4) is 11.5 Å². The van der Waals surface area contributed by atoms with Gasteiger partial charge in [-0.05, 0) is 35.4 Å². The molecule has 146 valence electrons. The molecule has 28 heavy (non-hydrogen) atoms. The lowest BCUT2D eigenvalue weighted by molar-refractivity contribution is 0.0909. The second-order valence-electron chi connectivity index (χ2n) is 6.62. The van der Waals surface area contributed by atoms with Crippen LogP contribution in [0.4, 0.5) is 4.39 Å². The smallest absolute Gasteiger partial charge is 0.162 e. The van der Waals surface area contributed by atoms with Crippen molar-refractivity contribution >= 4 is 11.1 Å². The molecule has 0 radical (unpaired) electrons. The summed E-state index contributed by atoms with van der Waals surface area (Å²) < 4.78 is 48.1. The molecule has 6 nitrogen and oxygen atoms in total. The van der Waals surface area contributed by atoms with Gasteiger partial charge in [0.15, 0.2) is 28.7 Å². The Morgan fingerprint density at radius 2 is 2.18 bits per heavy atom. The Bertz CT molecular complexity index is 1020. The van der Waals surface area contributed by atoms with Gasteiger partial charge in [-0.2, -0.15) is 0 Å². The minimum absolute atomic E-state index is 0.0242. The second-order valence-corrected chi connectivity index (χ2v) is 7.59. The summed E-state index contributed by atoms with van der Waals surface area (Å²) in [4.78, 5) is 4.33. The number of nitrogens with zero attached hydrogens (tertiary/aromatic N) is 2. The zero-order chi connectivity index (χ0) is 19.7. The van der Waals surface area contributed by atoms with Crippen LogP contribution >= 0.6 is 0 Å². The lowest BCUT2D eigenvalue weighted by Crippen LogP contribution is -2.22. The molecule has 0 bridgehead atoms. The summed E-state index contributed by atoms with van der Waals surface area (Å²) in [6.45, 7) is 0.249. The number of aryl methyl sites for hydroxylation is 1. The molecular weight excluding hydrogens is 383 g/mol. The summed E-state index contributed by atoms with van der Waals surface area (Å²) in [6, 6.07) is 11.7. The van der Waals surface area contributed by atoms with Gasteiger partial charge in [0, 0.05) is 19.4 Å². The Balaban J connectivity index is 1.62. The summed E-state index contributed by atoms with van der Waals surface area (Å²) in [6.07, 6.45) is 3.05. The normalized spacial score (nSPS) is 17.9. The number of benzene rings is 2. The third kappa shape index (κ3) is 3.79. The molecule has 1 aliphatic heterocycles. The minimum atomic E-state index is -1.98. The summed E-state index contributed by atoms with van der Waals surface area (Å²) in [5.41, 5.74) is 1.51. The van der Waals surface area contributed by atoms with Crippen LogP contribution in [0.2, 0.25) is 0 Å². The molecule has 8 heteroatoms. The van der Waals surface area contributed by atoms with E-state index < -0.39 is 17.2 Å². The van der Waals surface area contributed by atoms with E-state index in [4.69, 9.17) is 9.47 Å². The zero-order valence-corrected chi connectivity index (χ0v) is 15.9. The van der Waals surface area contributed by atoms with E-state index in [9.17, 15) is 13.2 Å². The number of hydrogen-bond acceptors (Lipinski definition) is 4. The number of hydrogen-bond donors (Lipinski definition) is 1. The fraction of sp³-hybridized carbons (Fsp3) is 0.250. The van der Waals surface area contributed by atoms with Crippen LogP contribution in [0.15, 0.2) is 54.9 Å². The maximum Gasteiger partial charge on any atom is 0.162 e. The molecule has 1 aliphatic rings. The van der Waals surface area contributed by atoms with Crippen molar-refractivity contribution in [1.29, 1.82) is 0 Å². The van der Waals surface area contributed by atoms with E-state index in [0.29, 0.717) is 22.9 Å². The van der Waals surface area contributed by atoms with Gasteiger partial charge in [0.05, 0.1) is 11.7 Å². The Morgan fingerprint density at radius 3 is 2.89 bits per heavy atom. The van der Waals surface area contributed by atoms with Crippen LogP contribution in [0, 0.1) is 5.82 Å². The first-order valence-corrected chi connectivity index (χ1v) is 10.0. The summed E-state index contributed by atoms with van der Waals surface area (Å²) >= 11 is -1.98. The van der Waals surface area contributed by atoms with Crippen molar-refractivity contribution in [3.05, 3.63) is 77.6 Å². The van der Waals surface area contributed by atoms with Crippen LogP contribution < -0.4 is 9.47 Å². The maximum atomic E-state index is 13.5. The van der Waals surface area contributed by atoms with E-state index in [0.717, 1.165) is 5.56 Å². The highest BCUT2D eigenvalue weighted by Gasteiger charge is 2.26. The molecule has 0 saturated carbocycles. The molecule has 3 aromatic rings. The van der Waals surface area contributed by atoms with Crippen molar-refractivity contribution in [2.45, 2.75) is 12.0 Å². The first-order chi connectivity index (χ1) is 13.5. The highest BCUT2D eigenvalue weighted by molar-refractivity contribution is 7.79. The average molecular weight is 402 g/mol. The van der Waals surface area contributed by atoms with Crippen LogP contribution in [0.1, 0.15) is 29.0 Å². The van der Waals surface area contributed by atoms with Crippen molar-refractivity contribution in [3.63, 3.8) is 0 Å². The fourth-order valence-corrected chi connectivity index (χ4v) is 3.98. The maximum absolute atomic E-state index is 13.5. The van der Waals surface area contributed by atoms with E-state index in [2.05, 4.69) is 4.98 Å². The molecule has 3 unspecified atom stereocenters. The molecule has 1 N–H and O–H groups in total. The van der Waals surface area contributed by atoms with Gasteiger partial charge in [-0.15, -0.1) is 0 Å². The van der Waals surface area contributed by atoms with E-state index in [1.54, 1.807) is 30.6 Å². The molecule has 4 rings (SSSR count). The van der Waals surface area contributed by atoms with Crippen LogP contribution in [0.3, 0.4) is 0 Å². The van der Waals surface area contributed by atoms with Gasteiger partial charge in [-0.3, -0.25) is 0 Å². The highest BCUT2D eigenvalue weighted by atomic mass is 32.2. The van der Waals surface area contributed by atoms with E-state index in [1.807, 2.05) is 23.7 Å². The van der Waals surface area contributed by atoms with Gasteiger partial charge in [0.2, 0.25) is 0 Å². The van der Waals surface area contributed by atoms with Crippen LogP contribution in [0.5, 0.6) is 11.5 Å². The molecule has 2 aromatic carbocycles. The number of aromatic nitrogens is 2. The van der Waals surface area contributed by atoms with Crippen LogP contribution in [-0.4, -0.2) is 30.7 Å². The van der Waals surface area contributed by atoms with Crippen molar-refractivity contribution < 1.29 is 22.6 Å². The van der Waals surface area contributed by atoms with Gasteiger partial charge < -0.3 is 18.6 Å². The minimum Gasteiger partial charge on any atom is -0.485 e. The lowest BCUT2D eigenvalue weighted by Gasteiger charge is -2.28. The fourth-order valence-electron chi connectivity index (χ4n) is 3.35. The van der Waals surface area contributed by atoms with Crippen molar-refractivity contribution in [2.75, 3.05) is 12.4 Å². The molecule has 0 amide bonds. The van der Waals surface area contributed by atoms with Crippen molar-refractivity contribution in [2.24, 2.45) is 7.05 Å².